The van der Waals surface area contributed by atoms with Gasteiger partial charge in [-0.2, -0.15) is 0 Å². The number of ether oxygens (including phenoxy) is 3. The number of rotatable bonds is 8. The van der Waals surface area contributed by atoms with Crippen LogP contribution >= 0.6 is 31.9 Å². The van der Waals surface area contributed by atoms with Crippen molar-refractivity contribution in [1.29, 1.82) is 0 Å². The number of cyclic esters (lactones) is 1. The second-order valence-corrected chi connectivity index (χ2v) is 9.55. The van der Waals surface area contributed by atoms with Gasteiger partial charge in [0.25, 0.3) is 0 Å². The predicted molar refractivity (Wildman–Crippen MR) is 145 cm³/mol. The molecule has 0 unspecified atom stereocenters. The molecule has 0 saturated heterocycles. The van der Waals surface area contributed by atoms with Crippen LogP contribution in [0.4, 0.5) is 5.69 Å². The van der Waals surface area contributed by atoms with E-state index in [0.717, 1.165) is 10.0 Å². The van der Waals surface area contributed by atoms with Gasteiger partial charge in [0.2, 0.25) is 11.8 Å². The highest BCUT2D eigenvalue weighted by Crippen LogP contribution is 2.38. The van der Waals surface area contributed by atoms with E-state index in [9.17, 15) is 9.59 Å². The molecule has 7 nitrogen and oxygen atoms in total. The van der Waals surface area contributed by atoms with Crippen LogP contribution in [0.2, 0.25) is 0 Å². The highest BCUT2D eigenvalue weighted by molar-refractivity contribution is 9.10. The van der Waals surface area contributed by atoms with E-state index in [4.69, 9.17) is 14.2 Å². The van der Waals surface area contributed by atoms with Crippen molar-refractivity contribution in [2.45, 2.75) is 20.5 Å². The van der Waals surface area contributed by atoms with Crippen molar-refractivity contribution in [1.82, 2.24) is 0 Å². The number of aliphatic imine (C=N–C) groups is 1. The molecule has 0 bridgehead atoms. The lowest BCUT2D eigenvalue weighted by molar-refractivity contribution is -0.129. The van der Waals surface area contributed by atoms with Crippen molar-refractivity contribution in [3.63, 3.8) is 0 Å². The fraction of sp³-hybridized carbons (Fsp3) is 0.148. The molecule has 3 aromatic carbocycles. The lowest BCUT2D eigenvalue weighted by Gasteiger charge is -2.15. The monoisotopic (exact) mass is 612 g/mol. The molecule has 3 aromatic rings. The highest BCUT2D eigenvalue weighted by Gasteiger charge is 2.24. The number of hydrogen-bond acceptors (Lipinski definition) is 6. The largest absolute Gasteiger partial charge is 0.490 e. The van der Waals surface area contributed by atoms with Crippen LogP contribution in [-0.2, 0) is 20.9 Å². The Bertz CT molecular complexity index is 1370. The maximum absolute atomic E-state index is 12.5. The number of esters is 1. The van der Waals surface area contributed by atoms with Crippen molar-refractivity contribution in [2.75, 3.05) is 11.9 Å². The summed E-state index contributed by atoms with van der Waals surface area (Å²) in [7, 11) is 0. The van der Waals surface area contributed by atoms with Gasteiger partial charge in [-0.1, -0.05) is 28.1 Å². The molecule has 1 aliphatic heterocycles. The van der Waals surface area contributed by atoms with Gasteiger partial charge in [-0.25, -0.2) is 9.79 Å². The summed E-state index contributed by atoms with van der Waals surface area (Å²) in [5, 5.41) is 2.69. The van der Waals surface area contributed by atoms with Gasteiger partial charge in [0.15, 0.2) is 17.2 Å². The molecule has 1 N–H and O–H groups in total. The van der Waals surface area contributed by atoms with Crippen LogP contribution in [0.5, 0.6) is 11.5 Å². The molecule has 0 radical (unpaired) electrons. The number of amides is 1. The molecule has 9 heteroatoms. The molecule has 1 amide bonds. The third-order valence-electron chi connectivity index (χ3n) is 4.98. The molecule has 1 aliphatic rings. The standard InChI is InChI=1S/C27H22Br2N2O5/c1-3-34-24-14-18(12-22(29)25(24)35-15-17-5-4-6-20(28)11-17)13-23-27(33)36-26(31-23)19-7-9-21(10-8-19)30-16(2)32/h4-14H,3,15H2,1-2H3,(H,30,32)/b23-13-. The summed E-state index contributed by atoms with van der Waals surface area (Å²) in [6, 6.07) is 18.4. The first-order chi connectivity index (χ1) is 17.3. The molecule has 0 spiro atoms. The third kappa shape index (κ3) is 6.41. The van der Waals surface area contributed by atoms with Gasteiger partial charge in [-0.3, -0.25) is 4.79 Å². The van der Waals surface area contributed by atoms with Crippen LogP contribution in [0.15, 0.2) is 80.3 Å². The molecule has 0 aromatic heterocycles. The molecule has 4 rings (SSSR count). The Kier molecular flexibility index (Phi) is 8.22. The van der Waals surface area contributed by atoms with E-state index in [2.05, 4.69) is 42.2 Å². The Morgan fingerprint density at radius 3 is 2.56 bits per heavy atom. The summed E-state index contributed by atoms with van der Waals surface area (Å²) in [6.45, 7) is 4.13. The Morgan fingerprint density at radius 2 is 1.86 bits per heavy atom. The number of benzene rings is 3. The third-order valence-corrected chi connectivity index (χ3v) is 6.06. The maximum atomic E-state index is 12.5. The number of nitrogens with one attached hydrogen (secondary N) is 1. The first kappa shape index (κ1) is 25.7. The molecular formula is C27H22Br2N2O5. The Labute approximate surface area is 225 Å². The second kappa shape index (κ2) is 11.5. The van der Waals surface area contributed by atoms with E-state index in [1.807, 2.05) is 37.3 Å². The maximum Gasteiger partial charge on any atom is 0.363 e. The lowest BCUT2D eigenvalue weighted by Crippen LogP contribution is -2.07. The molecule has 1 heterocycles. The normalized spacial score (nSPS) is 13.8. The van der Waals surface area contributed by atoms with Crippen LogP contribution in [0.1, 0.15) is 30.5 Å². The van der Waals surface area contributed by atoms with E-state index in [0.29, 0.717) is 46.0 Å². The highest BCUT2D eigenvalue weighted by atomic mass is 79.9. The Balaban J connectivity index is 1.57. The summed E-state index contributed by atoms with van der Waals surface area (Å²) >= 11 is 7.04. The Hall–Kier alpha value is -3.43. The number of anilines is 1. The topological polar surface area (TPSA) is 86.2 Å². The lowest BCUT2D eigenvalue weighted by atomic mass is 10.1. The van der Waals surface area contributed by atoms with Crippen molar-refractivity contribution >= 4 is 61.4 Å². The van der Waals surface area contributed by atoms with E-state index < -0.39 is 5.97 Å². The van der Waals surface area contributed by atoms with Crippen LogP contribution in [0, 0.1) is 0 Å². The second-order valence-electron chi connectivity index (χ2n) is 7.78. The number of carbonyl (C=O) groups is 2. The zero-order valence-corrected chi connectivity index (χ0v) is 22.7. The first-order valence-corrected chi connectivity index (χ1v) is 12.6. The van der Waals surface area contributed by atoms with Crippen molar-refractivity contribution < 1.29 is 23.8 Å². The molecule has 184 valence electrons. The molecule has 0 fully saturated rings. The van der Waals surface area contributed by atoms with Crippen LogP contribution in [0.3, 0.4) is 0 Å². The van der Waals surface area contributed by atoms with Gasteiger partial charge in [-0.15, -0.1) is 0 Å². The fourth-order valence-corrected chi connectivity index (χ4v) is 4.47. The first-order valence-electron chi connectivity index (χ1n) is 11.1. The van der Waals surface area contributed by atoms with Crippen LogP contribution in [-0.4, -0.2) is 24.4 Å². The average molecular weight is 614 g/mol. The average Bonchev–Trinajstić information content (AvgIpc) is 3.19. The summed E-state index contributed by atoms with van der Waals surface area (Å²) in [6.07, 6.45) is 1.63. The van der Waals surface area contributed by atoms with E-state index in [-0.39, 0.29) is 17.5 Å². The van der Waals surface area contributed by atoms with E-state index in [1.54, 1.807) is 36.4 Å². The fourth-order valence-electron chi connectivity index (χ4n) is 3.45. The molecule has 0 saturated carbocycles. The minimum absolute atomic E-state index is 0.160. The van der Waals surface area contributed by atoms with Crippen molar-refractivity contribution in [3.8, 4) is 11.5 Å². The zero-order valence-electron chi connectivity index (χ0n) is 19.5. The number of carbonyl (C=O) groups excluding carboxylic acids is 2. The van der Waals surface area contributed by atoms with Gasteiger partial charge in [0, 0.05) is 22.6 Å². The van der Waals surface area contributed by atoms with Crippen LogP contribution < -0.4 is 14.8 Å². The van der Waals surface area contributed by atoms with Gasteiger partial charge in [0.05, 0.1) is 11.1 Å². The van der Waals surface area contributed by atoms with Gasteiger partial charge in [-0.05, 0) is 88.6 Å². The number of nitrogens with zero attached hydrogens (tertiary/aromatic N) is 1. The van der Waals surface area contributed by atoms with Crippen LogP contribution in [0.25, 0.3) is 6.08 Å². The molecule has 0 atom stereocenters. The Morgan fingerprint density at radius 1 is 1.08 bits per heavy atom. The SMILES string of the molecule is CCOc1cc(/C=C2\N=C(c3ccc(NC(C)=O)cc3)OC2=O)cc(Br)c1OCc1cccc(Br)c1. The number of halogens is 2. The molecule has 36 heavy (non-hydrogen) atoms. The summed E-state index contributed by atoms with van der Waals surface area (Å²) in [5.41, 5.74) is 3.12. The summed E-state index contributed by atoms with van der Waals surface area (Å²) in [4.78, 5) is 28.1. The number of hydrogen-bond donors (Lipinski definition) is 1. The van der Waals surface area contributed by atoms with Gasteiger partial charge >= 0.3 is 5.97 Å². The van der Waals surface area contributed by atoms with Gasteiger partial charge in [0.1, 0.15) is 6.61 Å². The minimum Gasteiger partial charge on any atom is -0.490 e. The zero-order chi connectivity index (χ0) is 25.7. The summed E-state index contributed by atoms with van der Waals surface area (Å²) < 4.78 is 18.9. The molecular weight excluding hydrogens is 592 g/mol. The quantitative estimate of drug-likeness (QED) is 0.232. The summed E-state index contributed by atoms with van der Waals surface area (Å²) in [5.74, 6) is 0.577. The van der Waals surface area contributed by atoms with E-state index in [1.165, 1.54) is 6.92 Å². The minimum atomic E-state index is -0.556. The van der Waals surface area contributed by atoms with Crippen molar-refractivity contribution in [3.05, 3.63) is 92.0 Å². The predicted octanol–water partition coefficient (Wildman–Crippen LogP) is 6.49. The van der Waals surface area contributed by atoms with E-state index >= 15 is 0 Å². The van der Waals surface area contributed by atoms with Crippen molar-refractivity contribution in [2.24, 2.45) is 4.99 Å². The molecule has 0 aliphatic carbocycles. The van der Waals surface area contributed by atoms with Gasteiger partial charge < -0.3 is 19.5 Å². The smallest absolute Gasteiger partial charge is 0.363 e.